The van der Waals surface area contributed by atoms with Gasteiger partial charge in [0, 0.05) is 18.7 Å². The van der Waals surface area contributed by atoms with E-state index in [1.165, 1.54) is 12.1 Å². The van der Waals surface area contributed by atoms with Crippen LogP contribution in [0.25, 0.3) is 0 Å². The Kier molecular flexibility index (Phi) is 8.06. The largest absolute Gasteiger partial charge is 0.463 e. The molecule has 1 aromatic rings. The molecule has 0 aliphatic rings. The lowest BCUT2D eigenvalue weighted by Crippen LogP contribution is -2.30. The van der Waals surface area contributed by atoms with Crippen molar-refractivity contribution in [2.24, 2.45) is 0 Å². The van der Waals surface area contributed by atoms with Gasteiger partial charge in [0.15, 0.2) is 6.61 Å². The minimum Gasteiger partial charge on any atom is -0.463 e. The molecule has 0 atom stereocenters. The average molecular weight is 323 g/mol. The third-order valence-corrected chi connectivity index (χ3v) is 2.64. The van der Waals surface area contributed by atoms with E-state index in [4.69, 9.17) is 0 Å². The van der Waals surface area contributed by atoms with Gasteiger partial charge in [0.05, 0.1) is 6.61 Å². The van der Waals surface area contributed by atoms with Crippen molar-refractivity contribution in [3.63, 3.8) is 0 Å². The highest BCUT2D eigenvalue weighted by molar-refractivity contribution is 5.92. The molecule has 0 aromatic heterocycles. The number of hydrogen-bond acceptors (Lipinski definition) is 5. The molecule has 0 bridgehead atoms. The van der Waals surface area contributed by atoms with Crippen LogP contribution < -0.4 is 5.32 Å². The quantitative estimate of drug-likeness (QED) is 0.573. The molecule has 1 rings (SSSR count). The summed E-state index contributed by atoms with van der Waals surface area (Å²) in [5.41, 5.74) is 0.876. The fourth-order valence-electron chi connectivity index (χ4n) is 1.56. The molecule has 1 N–H and O–H groups in total. The number of ether oxygens (including phenoxy) is 2. The second-order valence-corrected chi connectivity index (χ2v) is 4.42. The van der Waals surface area contributed by atoms with Gasteiger partial charge >= 0.3 is 11.9 Å². The van der Waals surface area contributed by atoms with Crippen LogP contribution in [0, 0.1) is 5.82 Å². The van der Waals surface area contributed by atoms with Crippen molar-refractivity contribution >= 4 is 17.8 Å². The van der Waals surface area contributed by atoms with Gasteiger partial charge < -0.3 is 14.8 Å². The van der Waals surface area contributed by atoms with Gasteiger partial charge in [0.25, 0.3) is 5.91 Å². The molecule has 0 aliphatic carbocycles. The van der Waals surface area contributed by atoms with E-state index in [1.807, 2.05) is 0 Å². The van der Waals surface area contributed by atoms with Crippen molar-refractivity contribution in [1.82, 2.24) is 5.32 Å². The minimum atomic E-state index is -0.813. The highest BCUT2D eigenvalue weighted by Crippen LogP contribution is 2.02. The molecule has 6 nitrogen and oxygen atoms in total. The first-order valence-corrected chi connectivity index (χ1v) is 7.04. The summed E-state index contributed by atoms with van der Waals surface area (Å²) in [7, 11) is 0. The van der Waals surface area contributed by atoms with Crippen molar-refractivity contribution in [1.29, 1.82) is 0 Å². The first-order valence-electron chi connectivity index (χ1n) is 7.04. The number of halogens is 1. The second-order valence-electron chi connectivity index (χ2n) is 4.42. The van der Waals surface area contributed by atoms with Crippen molar-refractivity contribution in [3.05, 3.63) is 47.8 Å². The summed E-state index contributed by atoms with van der Waals surface area (Å²) >= 11 is 0. The first-order chi connectivity index (χ1) is 11.0. The molecular weight excluding hydrogens is 305 g/mol. The summed E-state index contributed by atoms with van der Waals surface area (Å²) in [6, 6.07) is 5.94. The zero-order chi connectivity index (χ0) is 17.1. The zero-order valence-electron chi connectivity index (χ0n) is 12.7. The van der Waals surface area contributed by atoms with Crippen LogP contribution in [0.4, 0.5) is 4.39 Å². The van der Waals surface area contributed by atoms with Crippen LogP contribution in [-0.4, -0.2) is 37.6 Å². The van der Waals surface area contributed by atoms with Gasteiger partial charge in [0.2, 0.25) is 0 Å². The Morgan fingerprint density at radius 2 is 1.70 bits per heavy atom. The molecule has 124 valence electrons. The molecule has 0 heterocycles. The van der Waals surface area contributed by atoms with Gasteiger partial charge in [-0.1, -0.05) is 12.1 Å². The van der Waals surface area contributed by atoms with Crippen LogP contribution in [0.15, 0.2) is 36.4 Å². The number of nitrogens with one attached hydrogen (secondary N) is 1. The molecule has 1 amide bonds. The lowest BCUT2D eigenvalue weighted by Gasteiger charge is -2.05. The third kappa shape index (κ3) is 8.35. The predicted molar refractivity (Wildman–Crippen MR) is 79.8 cm³/mol. The van der Waals surface area contributed by atoms with Crippen LogP contribution in [0.5, 0.6) is 0 Å². The van der Waals surface area contributed by atoms with Gasteiger partial charge in [-0.3, -0.25) is 4.79 Å². The lowest BCUT2D eigenvalue weighted by atomic mass is 10.1. The lowest BCUT2D eigenvalue weighted by molar-refractivity contribution is -0.144. The molecule has 7 heteroatoms. The Morgan fingerprint density at radius 3 is 2.30 bits per heavy atom. The van der Waals surface area contributed by atoms with E-state index >= 15 is 0 Å². The number of hydrogen-bond donors (Lipinski definition) is 1. The maximum absolute atomic E-state index is 12.7. The number of carbonyl (C=O) groups is 3. The molecule has 23 heavy (non-hydrogen) atoms. The number of benzene rings is 1. The normalized spacial score (nSPS) is 10.3. The molecule has 0 saturated heterocycles. The highest BCUT2D eigenvalue weighted by atomic mass is 19.1. The predicted octanol–water partition coefficient (Wildman–Crippen LogP) is 1.15. The van der Waals surface area contributed by atoms with E-state index in [9.17, 15) is 18.8 Å². The molecule has 0 radical (unpaired) electrons. The van der Waals surface area contributed by atoms with Crippen molar-refractivity contribution in [2.45, 2.75) is 13.3 Å². The topological polar surface area (TPSA) is 81.7 Å². The van der Waals surface area contributed by atoms with E-state index in [0.29, 0.717) is 13.0 Å². The average Bonchev–Trinajstić information content (AvgIpc) is 2.53. The molecule has 0 saturated carbocycles. The Hall–Kier alpha value is -2.70. The Balaban J connectivity index is 2.20. The van der Waals surface area contributed by atoms with Crippen LogP contribution in [0.3, 0.4) is 0 Å². The van der Waals surface area contributed by atoms with Crippen LogP contribution >= 0.6 is 0 Å². The summed E-state index contributed by atoms with van der Waals surface area (Å²) in [4.78, 5) is 33.7. The number of carbonyl (C=O) groups excluding carboxylic acids is 3. The second kappa shape index (κ2) is 10.1. The van der Waals surface area contributed by atoms with E-state index in [0.717, 1.165) is 17.7 Å². The first kappa shape index (κ1) is 18.3. The molecule has 1 aromatic carbocycles. The number of amides is 1. The third-order valence-electron chi connectivity index (χ3n) is 2.64. The van der Waals surface area contributed by atoms with E-state index < -0.39 is 24.5 Å². The van der Waals surface area contributed by atoms with E-state index in [2.05, 4.69) is 14.8 Å². The maximum Gasteiger partial charge on any atom is 0.331 e. The molecular formula is C16H18FNO5. The van der Waals surface area contributed by atoms with Crippen LogP contribution in [0.1, 0.15) is 12.5 Å². The SMILES string of the molecule is CCOC(=O)/C=C/C(=O)OCC(=O)NCCc1ccc(F)cc1. The molecule has 0 unspecified atom stereocenters. The van der Waals surface area contributed by atoms with Crippen molar-refractivity contribution < 1.29 is 28.2 Å². The Labute approximate surface area is 133 Å². The summed E-state index contributed by atoms with van der Waals surface area (Å²) in [5.74, 6) is -2.26. The Bertz CT molecular complexity index is 568. The molecule has 0 fully saturated rings. The number of esters is 2. The Morgan fingerprint density at radius 1 is 1.09 bits per heavy atom. The van der Waals surface area contributed by atoms with Gasteiger partial charge in [-0.2, -0.15) is 0 Å². The van der Waals surface area contributed by atoms with Crippen molar-refractivity contribution in [2.75, 3.05) is 19.8 Å². The molecule has 0 aliphatic heterocycles. The van der Waals surface area contributed by atoms with Gasteiger partial charge in [0.1, 0.15) is 5.82 Å². The van der Waals surface area contributed by atoms with Crippen molar-refractivity contribution in [3.8, 4) is 0 Å². The van der Waals surface area contributed by atoms with Crippen LogP contribution in [-0.2, 0) is 30.3 Å². The fourth-order valence-corrected chi connectivity index (χ4v) is 1.56. The highest BCUT2D eigenvalue weighted by Gasteiger charge is 2.05. The van der Waals surface area contributed by atoms with Gasteiger partial charge in [-0.25, -0.2) is 14.0 Å². The fraction of sp³-hybridized carbons (Fsp3) is 0.312. The van der Waals surface area contributed by atoms with Gasteiger partial charge in [-0.05, 0) is 31.0 Å². The number of rotatable bonds is 8. The summed E-state index contributed by atoms with van der Waals surface area (Å²) in [5, 5.41) is 2.56. The monoisotopic (exact) mass is 323 g/mol. The maximum atomic E-state index is 12.7. The standard InChI is InChI=1S/C16H18FNO5/c1-2-22-15(20)7-8-16(21)23-11-14(19)18-10-9-12-3-5-13(17)6-4-12/h3-8H,2,9-11H2,1H3,(H,18,19)/b8-7+. The minimum absolute atomic E-state index is 0.203. The van der Waals surface area contributed by atoms with Gasteiger partial charge in [-0.15, -0.1) is 0 Å². The molecule has 0 spiro atoms. The smallest absolute Gasteiger partial charge is 0.331 e. The van der Waals surface area contributed by atoms with Crippen LogP contribution in [0.2, 0.25) is 0 Å². The van der Waals surface area contributed by atoms with E-state index in [-0.39, 0.29) is 12.4 Å². The summed E-state index contributed by atoms with van der Waals surface area (Å²) < 4.78 is 22.0. The van der Waals surface area contributed by atoms with E-state index in [1.54, 1.807) is 19.1 Å². The summed E-state index contributed by atoms with van der Waals surface area (Å²) in [6.45, 7) is 1.73. The zero-order valence-corrected chi connectivity index (χ0v) is 12.7. The summed E-state index contributed by atoms with van der Waals surface area (Å²) in [6.07, 6.45) is 2.35.